The van der Waals surface area contributed by atoms with Gasteiger partial charge in [0.2, 0.25) is 10.0 Å². The van der Waals surface area contributed by atoms with Gasteiger partial charge in [-0.15, -0.1) is 0 Å². The van der Waals surface area contributed by atoms with Crippen LogP contribution < -0.4 is 16.7 Å². The number of benzene rings is 3. The molecule has 0 saturated carbocycles. The number of hydrogen-bond donors (Lipinski definition) is 3. The molecule has 6 N–H and O–H groups in total. The van der Waals surface area contributed by atoms with Crippen LogP contribution in [0.4, 0.5) is 0 Å². The fourth-order valence-corrected chi connectivity index (χ4v) is 4.57. The zero-order chi connectivity index (χ0) is 24.3. The van der Waals surface area contributed by atoms with E-state index in [4.69, 9.17) is 16.7 Å². The van der Waals surface area contributed by atoms with E-state index in [-0.39, 0.29) is 10.5 Å². The molecule has 1 heterocycles. The summed E-state index contributed by atoms with van der Waals surface area (Å²) in [6.07, 6.45) is 3.10. The zero-order valence-corrected chi connectivity index (χ0v) is 18.7. The van der Waals surface area contributed by atoms with E-state index in [0.29, 0.717) is 33.5 Å². The molecule has 0 bridgehead atoms. The average Bonchev–Trinajstić information content (AvgIpc) is 2.83. The van der Waals surface area contributed by atoms with Crippen molar-refractivity contribution in [2.75, 3.05) is 0 Å². The van der Waals surface area contributed by atoms with Gasteiger partial charge < -0.3 is 11.6 Å². The highest BCUT2D eigenvalue weighted by molar-refractivity contribution is 7.89. The molecule has 0 radical (unpaired) electrons. The number of carbonyl (C=O) groups is 1. The highest BCUT2D eigenvalue weighted by Gasteiger charge is 2.19. The van der Waals surface area contributed by atoms with Crippen LogP contribution in [-0.4, -0.2) is 25.5 Å². The SMILES string of the molecule is NN=Cc1cccc(-c2nccc(-c3ccc(-c4ccccc4S(N)(=O)=O)cc3)c2C(N)=O)c1. The standard InChI is InChI=1S/C25H21N5O3S/c26-25(31)23-21(12-13-29-24(23)19-5-3-4-16(14-19)15-30-27)18-10-8-17(9-11-18)20-6-1-2-7-22(20)34(28,32)33/h1-15H,27H2,(H2,26,31)(H2,28,32,33). The number of nitrogens with two attached hydrogens (primary N) is 3. The molecule has 3 aromatic carbocycles. The van der Waals surface area contributed by atoms with Crippen molar-refractivity contribution in [3.05, 3.63) is 96.2 Å². The van der Waals surface area contributed by atoms with Gasteiger partial charge in [0.15, 0.2) is 0 Å². The summed E-state index contributed by atoms with van der Waals surface area (Å²) in [7, 11) is -3.89. The second-order valence-corrected chi connectivity index (χ2v) is 9.00. The van der Waals surface area contributed by atoms with Gasteiger partial charge in [0.05, 0.1) is 22.4 Å². The lowest BCUT2D eigenvalue weighted by Crippen LogP contribution is -2.15. The normalized spacial score (nSPS) is 11.6. The summed E-state index contributed by atoms with van der Waals surface area (Å²) in [6.45, 7) is 0. The molecule has 0 saturated heterocycles. The first kappa shape index (κ1) is 22.8. The van der Waals surface area contributed by atoms with Crippen LogP contribution in [0.25, 0.3) is 33.5 Å². The molecule has 4 aromatic rings. The van der Waals surface area contributed by atoms with Crippen molar-refractivity contribution in [3.8, 4) is 33.5 Å². The molecule has 0 unspecified atom stereocenters. The second kappa shape index (κ2) is 9.26. The summed E-state index contributed by atoms with van der Waals surface area (Å²) in [6, 6.07) is 22.6. The van der Waals surface area contributed by atoms with Crippen LogP contribution in [0.3, 0.4) is 0 Å². The Morgan fingerprint density at radius 1 is 0.853 bits per heavy atom. The van der Waals surface area contributed by atoms with E-state index in [1.165, 1.54) is 12.3 Å². The van der Waals surface area contributed by atoms with E-state index in [9.17, 15) is 13.2 Å². The Morgan fingerprint density at radius 2 is 1.53 bits per heavy atom. The number of hydrogen-bond acceptors (Lipinski definition) is 6. The number of nitrogens with zero attached hydrogens (tertiary/aromatic N) is 2. The average molecular weight is 472 g/mol. The minimum atomic E-state index is -3.89. The molecule has 4 rings (SSSR count). The minimum Gasteiger partial charge on any atom is -0.366 e. The van der Waals surface area contributed by atoms with Crippen LogP contribution in [0, 0.1) is 0 Å². The molecule has 0 aliphatic heterocycles. The predicted octanol–water partition coefficient (Wildman–Crippen LogP) is 3.12. The Morgan fingerprint density at radius 3 is 2.18 bits per heavy atom. The van der Waals surface area contributed by atoms with Gasteiger partial charge in [0, 0.05) is 17.3 Å². The lowest BCUT2D eigenvalue weighted by molar-refractivity contribution is 0.100. The van der Waals surface area contributed by atoms with Gasteiger partial charge in [0.1, 0.15) is 0 Å². The number of primary amides is 1. The maximum absolute atomic E-state index is 12.5. The molecule has 9 heteroatoms. The zero-order valence-electron chi connectivity index (χ0n) is 17.9. The summed E-state index contributed by atoms with van der Waals surface area (Å²) in [5.41, 5.74) is 10.4. The number of rotatable bonds is 6. The summed E-state index contributed by atoms with van der Waals surface area (Å²) < 4.78 is 24.0. The number of sulfonamides is 1. The van der Waals surface area contributed by atoms with E-state index in [2.05, 4.69) is 10.1 Å². The van der Waals surface area contributed by atoms with Crippen molar-refractivity contribution in [3.63, 3.8) is 0 Å². The largest absolute Gasteiger partial charge is 0.366 e. The van der Waals surface area contributed by atoms with Gasteiger partial charge in [0.25, 0.3) is 5.91 Å². The minimum absolute atomic E-state index is 0.0349. The number of amides is 1. The summed E-state index contributed by atoms with van der Waals surface area (Å²) in [4.78, 5) is 16.9. The maximum atomic E-state index is 12.5. The molecule has 0 spiro atoms. The van der Waals surface area contributed by atoms with Crippen molar-refractivity contribution in [1.82, 2.24) is 4.98 Å². The van der Waals surface area contributed by atoms with E-state index < -0.39 is 15.9 Å². The molecule has 8 nitrogen and oxygen atoms in total. The number of hydrazone groups is 1. The van der Waals surface area contributed by atoms with Gasteiger partial charge in [-0.2, -0.15) is 5.10 Å². The van der Waals surface area contributed by atoms with Crippen molar-refractivity contribution in [2.45, 2.75) is 4.90 Å². The van der Waals surface area contributed by atoms with Crippen molar-refractivity contribution in [2.24, 2.45) is 21.8 Å². The topological polar surface area (TPSA) is 155 Å². The molecule has 0 atom stereocenters. The molecular formula is C25H21N5O3S. The quantitative estimate of drug-likeness (QED) is 0.224. The summed E-state index contributed by atoms with van der Waals surface area (Å²) >= 11 is 0. The van der Waals surface area contributed by atoms with Crippen LogP contribution in [0.5, 0.6) is 0 Å². The Bertz CT molecular complexity index is 1510. The van der Waals surface area contributed by atoms with Crippen LogP contribution in [0.1, 0.15) is 15.9 Å². The van der Waals surface area contributed by atoms with Gasteiger partial charge >= 0.3 is 0 Å². The molecule has 170 valence electrons. The summed E-state index contributed by atoms with van der Waals surface area (Å²) in [5.74, 6) is 4.63. The fourth-order valence-electron chi connectivity index (χ4n) is 3.81. The Hall–Kier alpha value is -4.34. The molecule has 0 fully saturated rings. The first-order valence-corrected chi connectivity index (χ1v) is 11.7. The fraction of sp³-hybridized carbons (Fsp3) is 0. The van der Waals surface area contributed by atoms with Crippen molar-refractivity contribution < 1.29 is 13.2 Å². The Labute approximate surface area is 196 Å². The van der Waals surface area contributed by atoms with Crippen LogP contribution in [-0.2, 0) is 10.0 Å². The maximum Gasteiger partial charge on any atom is 0.251 e. The monoisotopic (exact) mass is 471 g/mol. The first-order valence-electron chi connectivity index (χ1n) is 10.1. The van der Waals surface area contributed by atoms with Crippen LogP contribution >= 0.6 is 0 Å². The van der Waals surface area contributed by atoms with E-state index in [1.807, 2.05) is 24.3 Å². The number of primary sulfonamides is 1. The molecule has 34 heavy (non-hydrogen) atoms. The third-order valence-corrected chi connectivity index (χ3v) is 6.25. The van der Waals surface area contributed by atoms with E-state index >= 15 is 0 Å². The molecule has 1 amide bonds. The molecular weight excluding hydrogens is 450 g/mol. The highest BCUT2D eigenvalue weighted by atomic mass is 32.2. The smallest absolute Gasteiger partial charge is 0.251 e. The highest BCUT2D eigenvalue weighted by Crippen LogP contribution is 2.33. The van der Waals surface area contributed by atoms with E-state index in [1.54, 1.807) is 54.7 Å². The third kappa shape index (κ3) is 4.56. The Balaban J connectivity index is 1.82. The number of aromatic nitrogens is 1. The molecule has 0 aliphatic rings. The predicted molar refractivity (Wildman–Crippen MR) is 132 cm³/mol. The number of pyridine rings is 1. The lowest BCUT2D eigenvalue weighted by Gasteiger charge is -2.13. The molecule has 0 aliphatic carbocycles. The molecule has 1 aromatic heterocycles. The van der Waals surface area contributed by atoms with Crippen LogP contribution in [0.15, 0.2) is 95.1 Å². The van der Waals surface area contributed by atoms with Gasteiger partial charge in [-0.25, -0.2) is 13.6 Å². The third-order valence-electron chi connectivity index (χ3n) is 5.28. The van der Waals surface area contributed by atoms with Crippen molar-refractivity contribution >= 4 is 22.1 Å². The van der Waals surface area contributed by atoms with E-state index in [0.717, 1.165) is 5.56 Å². The second-order valence-electron chi connectivity index (χ2n) is 7.47. The van der Waals surface area contributed by atoms with Gasteiger partial charge in [-0.05, 0) is 40.5 Å². The number of carbonyl (C=O) groups excluding carboxylic acids is 1. The summed E-state index contributed by atoms with van der Waals surface area (Å²) in [5, 5.41) is 8.90. The van der Waals surface area contributed by atoms with Gasteiger partial charge in [-0.3, -0.25) is 9.78 Å². The lowest BCUT2D eigenvalue weighted by atomic mass is 9.94. The van der Waals surface area contributed by atoms with Gasteiger partial charge in [-0.1, -0.05) is 60.7 Å². The Kier molecular flexibility index (Phi) is 6.22. The van der Waals surface area contributed by atoms with Crippen LogP contribution in [0.2, 0.25) is 0 Å². The van der Waals surface area contributed by atoms with Crippen molar-refractivity contribution in [1.29, 1.82) is 0 Å². The first-order chi connectivity index (χ1) is 16.3.